The summed E-state index contributed by atoms with van der Waals surface area (Å²) in [7, 11) is 1.47. The summed E-state index contributed by atoms with van der Waals surface area (Å²) in [6, 6.07) is 11.3. The van der Waals surface area contributed by atoms with Gasteiger partial charge in [-0.3, -0.25) is 0 Å². The molecule has 0 unspecified atom stereocenters. The molecule has 2 aromatic carbocycles. The molecule has 8 heteroatoms. The Bertz CT molecular complexity index is 912. The molecule has 2 aromatic rings. The van der Waals surface area contributed by atoms with E-state index >= 15 is 0 Å². The second-order valence-electron chi connectivity index (χ2n) is 7.54. The van der Waals surface area contributed by atoms with E-state index in [0.29, 0.717) is 37.8 Å². The van der Waals surface area contributed by atoms with Crippen LogP contribution in [-0.4, -0.2) is 20.2 Å². The minimum atomic E-state index is -4.90. The molecule has 0 atom stereocenters. The Balaban J connectivity index is 2.02. The lowest BCUT2D eigenvalue weighted by molar-refractivity contribution is -0.143. The third kappa shape index (κ3) is 5.06. The van der Waals surface area contributed by atoms with Crippen LogP contribution in [0.3, 0.4) is 0 Å². The van der Waals surface area contributed by atoms with Crippen molar-refractivity contribution in [3.8, 4) is 0 Å². The molecular weight excluding hydrogens is 420 g/mol. The van der Waals surface area contributed by atoms with Crippen LogP contribution >= 0.6 is 0 Å². The standard InChI is InChI=1S/C23H23F6NO/c1-31-20(21(11-13-30-14-12-21)17-5-3-2-4-6-17)10-8-16-7-9-18(22(24,25)26)15-19(16)23(27,28)29/h2-7,9-10,15,30H,8,11-14H2,1H3/b20-10-. The van der Waals surface area contributed by atoms with E-state index in [4.69, 9.17) is 4.74 Å². The maximum Gasteiger partial charge on any atom is 0.416 e. The second-order valence-corrected chi connectivity index (χ2v) is 7.54. The number of halogens is 6. The van der Waals surface area contributed by atoms with Gasteiger partial charge in [-0.15, -0.1) is 0 Å². The number of rotatable bonds is 5. The van der Waals surface area contributed by atoms with Gasteiger partial charge in [0.25, 0.3) is 0 Å². The predicted molar refractivity (Wildman–Crippen MR) is 105 cm³/mol. The molecule has 3 rings (SSSR count). The van der Waals surface area contributed by atoms with E-state index in [1.807, 2.05) is 30.3 Å². The van der Waals surface area contributed by atoms with Gasteiger partial charge in [0.2, 0.25) is 0 Å². The highest BCUT2D eigenvalue weighted by molar-refractivity contribution is 5.39. The number of allylic oxidation sites excluding steroid dienone is 2. The van der Waals surface area contributed by atoms with E-state index in [9.17, 15) is 26.3 Å². The summed E-state index contributed by atoms with van der Waals surface area (Å²) in [6.07, 6.45) is -7.00. The number of nitrogens with one attached hydrogen (secondary N) is 1. The molecule has 1 heterocycles. The van der Waals surface area contributed by atoms with Gasteiger partial charge < -0.3 is 10.1 Å². The van der Waals surface area contributed by atoms with E-state index < -0.39 is 28.9 Å². The summed E-state index contributed by atoms with van der Waals surface area (Å²) in [5.41, 5.74) is -2.35. The van der Waals surface area contributed by atoms with Crippen molar-refractivity contribution in [2.24, 2.45) is 0 Å². The number of hydrogen-bond donors (Lipinski definition) is 1. The molecule has 0 amide bonds. The van der Waals surface area contributed by atoms with Crippen LogP contribution in [-0.2, 0) is 28.9 Å². The van der Waals surface area contributed by atoms with Crippen LogP contribution in [0.2, 0.25) is 0 Å². The highest BCUT2D eigenvalue weighted by atomic mass is 19.4. The van der Waals surface area contributed by atoms with Gasteiger partial charge >= 0.3 is 12.4 Å². The average Bonchev–Trinajstić information content (AvgIpc) is 2.74. The van der Waals surface area contributed by atoms with E-state index in [2.05, 4.69) is 5.32 Å². The van der Waals surface area contributed by atoms with Crippen LogP contribution in [0.4, 0.5) is 26.3 Å². The van der Waals surface area contributed by atoms with Gasteiger partial charge in [-0.25, -0.2) is 0 Å². The number of hydrogen-bond acceptors (Lipinski definition) is 2. The number of benzene rings is 2. The van der Waals surface area contributed by atoms with Gasteiger partial charge in [-0.1, -0.05) is 36.4 Å². The molecular formula is C23H23F6NO. The molecule has 1 N–H and O–H groups in total. The Kier molecular flexibility index (Phi) is 6.69. The summed E-state index contributed by atoms with van der Waals surface area (Å²) < 4.78 is 84.9. The third-order valence-corrected chi connectivity index (χ3v) is 5.73. The van der Waals surface area contributed by atoms with E-state index in [1.54, 1.807) is 6.08 Å². The molecule has 0 bridgehead atoms. The van der Waals surface area contributed by atoms with Crippen LogP contribution in [0.1, 0.15) is 35.1 Å². The van der Waals surface area contributed by atoms with Crippen molar-refractivity contribution in [1.29, 1.82) is 0 Å². The maximum atomic E-state index is 13.5. The van der Waals surface area contributed by atoms with Gasteiger partial charge in [-0.2, -0.15) is 26.3 Å². The molecule has 1 aliphatic heterocycles. The number of ether oxygens (including phenoxy) is 1. The maximum absolute atomic E-state index is 13.5. The lowest BCUT2D eigenvalue weighted by Gasteiger charge is -2.39. The summed E-state index contributed by atoms with van der Waals surface area (Å²) >= 11 is 0. The molecule has 0 aromatic heterocycles. The number of alkyl halides is 6. The molecule has 0 aliphatic carbocycles. The summed E-state index contributed by atoms with van der Waals surface area (Å²) in [4.78, 5) is 0. The van der Waals surface area contributed by atoms with Gasteiger partial charge in [0.15, 0.2) is 0 Å². The van der Waals surface area contributed by atoms with Crippen LogP contribution < -0.4 is 5.32 Å². The molecule has 0 radical (unpaired) electrons. The van der Waals surface area contributed by atoms with Crippen LogP contribution in [0.15, 0.2) is 60.4 Å². The summed E-state index contributed by atoms with van der Waals surface area (Å²) in [6.45, 7) is 1.42. The highest BCUT2D eigenvalue weighted by Crippen LogP contribution is 2.42. The van der Waals surface area contributed by atoms with Gasteiger partial charge in [-0.05, 0) is 61.7 Å². The fourth-order valence-corrected chi connectivity index (χ4v) is 4.16. The zero-order valence-corrected chi connectivity index (χ0v) is 16.9. The molecule has 168 valence electrons. The van der Waals surface area contributed by atoms with Crippen molar-refractivity contribution >= 4 is 0 Å². The van der Waals surface area contributed by atoms with Crippen molar-refractivity contribution in [2.75, 3.05) is 20.2 Å². The van der Waals surface area contributed by atoms with Crippen molar-refractivity contribution < 1.29 is 31.1 Å². The van der Waals surface area contributed by atoms with Crippen molar-refractivity contribution in [1.82, 2.24) is 5.32 Å². The lowest BCUT2D eigenvalue weighted by atomic mass is 9.71. The van der Waals surface area contributed by atoms with E-state index in [-0.39, 0.29) is 18.1 Å². The Morgan fingerprint density at radius 3 is 2.16 bits per heavy atom. The molecule has 2 nitrogen and oxygen atoms in total. The Morgan fingerprint density at radius 1 is 0.968 bits per heavy atom. The molecule has 1 saturated heterocycles. The summed E-state index contributed by atoms with van der Waals surface area (Å²) in [5, 5.41) is 3.27. The first-order chi connectivity index (χ1) is 14.6. The first kappa shape index (κ1) is 23.2. The third-order valence-electron chi connectivity index (χ3n) is 5.73. The first-order valence-corrected chi connectivity index (χ1v) is 9.86. The van der Waals surface area contributed by atoms with Crippen LogP contribution in [0, 0.1) is 0 Å². The fraction of sp³-hybridized carbons (Fsp3) is 0.391. The van der Waals surface area contributed by atoms with Crippen LogP contribution in [0.5, 0.6) is 0 Å². The number of piperidine rings is 1. The van der Waals surface area contributed by atoms with Gasteiger partial charge in [0, 0.05) is 0 Å². The van der Waals surface area contributed by atoms with Crippen molar-refractivity contribution in [3.63, 3.8) is 0 Å². The Labute approximate surface area is 176 Å². The minimum Gasteiger partial charge on any atom is -0.500 e. The predicted octanol–water partition coefficient (Wildman–Crippen LogP) is 6.12. The van der Waals surface area contributed by atoms with E-state index in [1.165, 1.54) is 7.11 Å². The van der Waals surface area contributed by atoms with Crippen molar-refractivity contribution in [2.45, 2.75) is 37.0 Å². The smallest absolute Gasteiger partial charge is 0.416 e. The molecule has 0 saturated carbocycles. The monoisotopic (exact) mass is 443 g/mol. The average molecular weight is 443 g/mol. The van der Waals surface area contributed by atoms with Crippen molar-refractivity contribution in [3.05, 3.63) is 82.6 Å². The van der Waals surface area contributed by atoms with Crippen LogP contribution in [0.25, 0.3) is 0 Å². The molecule has 0 spiro atoms. The Hall–Kier alpha value is -2.48. The highest BCUT2D eigenvalue weighted by Gasteiger charge is 2.40. The number of methoxy groups -OCH3 is 1. The van der Waals surface area contributed by atoms with Gasteiger partial charge in [0.05, 0.1) is 23.7 Å². The topological polar surface area (TPSA) is 21.3 Å². The largest absolute Gasteiger partial charge is 0.500 e. The lowest BCUT2D eigenvalue weighted by Crippen LogP contribution is -2.41. The normalized spacial score (nSPS) is 17.5. The van der Waals surface area contributed by atoms with E-state index in [0.717, 1.165) is 11.6 Å². The fourth-order valence-electron chi connectivity index (χ4n) is 4.16. The SMILES string of the molecule is CO/C(=C\Cc1ccc(C(F)(F)F)cc1C(F)(F)F)C1(c2ccccc2)CCNCC1. The molecule has 1 aliphatic rings. The molecule has 1 fully saturated rings. The second kappa shape index (κ2) is 8.94. The zero-order valence-electron chi connectivity index (χ0n) is 16.9. The minimum absolute atomic E-state index is 0.174. The first-order valence-electron chi connectivity index (χ1n) is 9.86. The zero-order chi connectivity index (χ0) is 22.7. The quantitative estimate of drug-likeness (QED) is 0.444. The molecule has 31 heavy (non-hydrogen) atoms. The summed E-state index contributed by atoms with van der Waals surface area (Å²) in [5.74, 6) is 0.522. The van der Waals surface area contributed by atoms with Gasteiger partial charge in [0.1, 0.15) is 5.76 Å². The Morgan fingerprint density at radius 2 is 1.61 bits per heavy atom.